The van der Waals surface area contributed by atoms with Crippen molar-refractivity contribution in [1.29, 1.82) is 0 Å². The molecule has 1 N–H and O–H groups in total. The van der Waals surface area contributed by atoms with E-state index in [0.717, 1.165) is 40.1 Å². The summed E-state index contributed by atoms with van der Waals surface area (Å²) in [5, 5.41) is 3.07. The van der Waals surface area contributed by atoms with E-state index in [1.807, 2.05) is 58.0 Å². The van der Waals surface area contributed by atoms with Crippen LogP contribution in [-0.4, -0.2) is 12.0 Å². The van der Waals surface area contributed by atoms with Gasteiger partial charge in [-0.05, 0) is 68.0 Å². The first-order valence-corrected chi connectivity index (χ1v) is 8.58. The molecule has 0 aliphatic heterocycles. The molecule has 3 heteroatoms. The van der Waals surface area contributed by atoms with Gasteiger partial charge in [-0.3, -0.25) is 4.79 Å². The molecule has 2 rings (SSSR count). The van der Waals surface area contributed by atoms with Crippen molar-refractivity contribution in [2.24, 2.45) is 0 Å². The van der Waals surface area contributed by atoms with Crippen LogP contribution in [-0.2, 0) is 11.2 Å². The van der Waals surface area contributed by atoms with Crippen molar-refractivity contribution in [3.8, 4) is 5.75 Å². The number of aryl methyl sites for hydroxylation is 4. The van der Waals surface area contributed by atoms with Crippen molar-refractivity contribution < 1.29 is 9.53 Å². The van der Waals surface area contributed by atoms with Crippen LogP contribution in [0, 0.1) is 20.8 Å². The van der Waals surface area contributed by atoms with Crippen LogP contribution in [0.25, 0.3) is 0 Å². The monoisotopic (exact) mass is 325 g/mol. The molecule has 0 aliphatic carbocycles. The van der Waals surface area contributed by atoms with Gasteiger partial charge in [0.15, 0.2) is 6.10 Å². The van der Waals surface area contributed by atoms with Crippen molar-refractivity contribution in [3.05, 3.63) is 58.7 Å². The van der Waals surface area contributed by atoms with Crippen molar-refractivity contribution >= 4 is 11.6 Å². The smallest absolute Gasteiger partial charge is 0.265 e. The standard InChI is InChI=1S/C21H27NO2/c1-6-17-10-8-9-16(5)20(17)22-21(23)19(7-2)24-18-12-14(3)11-15(4)13-18/h8-13,19H,6-7H2,1-5H3,(H,22,23)/t19-/m0/s1. The summed E-state index contributed by atoms with van der Waals surface area (Å²) in [6, 6.07) is 12.1. The molecule has 24 heavy (non-hydrogen) atoms. The van der Waals surface area contributed by atoms with Gasteiger partial charge in [-0.2, -0.15) is 0 Å². The van der Waals surface area contributed by atoms with E-state index in [9.17, 15) is 4.79 Å². The third-order valence-corrected chi connectivity index (χ3v) is 4.12. The SMILES string of the molecule is CCc1cccc(C)c1NC(=O)[C@H](CC)Oc1cc(C)cc(C)c1. The third-order valence-electron chi connectivity index (χ3n) is 4.12. The molecule has 3 nitrogen and oxygen atoms in total. The molecule has 0 unspecified atom stereocenters. The number of nitrogens with one attached hydrogen (secondary N) is 1. The van der Waals surface area contributed by atoms with Crippen LogP contribution >= 0.6 is 0 Å². The van der Waals surface area contributed by atoms with E-state index < -0.39 is 6.10 Å². The molecule has 0 heterocycles. The van der Waals surface area contributed by atoms with E-state index >= 15 is 0 Å². The van der Waals surface area contributed by atoms with E-state index in [0.29, 0.717) is 6.42 Å². The van der Waals surface area contributed by atoms with Gasteiger partial charge in [-0.1, -0.05) is 38.1 Å². The van der Waals surface area contributed by atoms with E-state index in [-0.39, 0.29) is 5.91 Å². The highest BCUT2D eigenvalue weighted by atomic mass is 16.5. The molecule has 0 spiro atoms. The van der Waals surface area contributed by atoms with Gasteiger partial charge in [0.1, 0.15) is 5.75 Å². The van der Waals surface area contributed by atoms with Crippen LogP contribution in [0.2, 0.25) is 0 Å². The molecular weight excluding hydrogens is 298 g/mol. The Hall–Kier alpha value is -2.29. The number of para-hydroxylation sites is 1. The average Bonchev–Trinajstić information content (AvgIpc) is 2.53. The maximum atomic E-state index is 12.7. The summed E-state index contributed by atoms with van der Waals surface area (Å²) >= 11 is 0. The van der Waals surface area contributed by atoms with Gasteiger partial charge in [0.2, 0.25) is 0 Å². The van der Waals surface area contributed by atoms with Crippen molar-refractivity contribution in [1.82, 2.24) is 0 Å². The van der Waals surface area contributed by atoms with E-state index in [4.69, 9.17) is 4.74 Å². The number of hydrogen-bond acceptors (Lipinski definition) is 2. The van der Waals surface area contributed by atoms with Crippen LogP contribution in [0.1, 0.15) is 42.5 Å². The second-order valence-corrected chi connectivity index (χ2v) is 6.29. The van der Waals surface area contributed by atoms with Gasteiger partial charge < -0.3 is 10.1 Å². The number of amides is 1. The Labute approximate surface area is 145 Å². The first-order chi connectivity index (χ1) is 11.4. The van der Waals surface area contributed by atoms with Crippen LogP contribution in [0.3, 0.4) is 0 Å². The Balaban J connectivity index is 2.17. The molecule has 0 aromatic heterocycles. The van der Waals surface area contributed by atoms with Crippen LogP contribution in [0.5, 0.6) is 5.75 Å². The number of anilines is 1. The fourth-order valence-electron chi connectivity index (χ4n) is 2.89. The summed E-state index contributed by atoms with van der Waals surface area (Å²) in [6.45, 7) is 10.1. The number of ether oxygens (including phenoxy) is 1. The summed E-state index contributed by atoms with van der Waals surface area (Å²) in [4.78, 5) is 12.7. The summed E-state index contributed by atoms with van der Waals surface area (Å²) in [6.07, 6.45) is 0.994. The predicted molar refractivity (Wildman–Crippen MR) is 99.8 cm³/mol. The summed E-state index contributed by atoms with van der Waals surface area (Å²) in [5.74, 6) is 0.649. The Morgan fingerprint density at radius 3 is 2.33 bits per heavy atom. The van der Waals surface area contributed by atoms with Crippen molar-refractivity contribution in [3.63, 3.8) is 0 Å². The molecule has 2 aromatic rings. The highest BCUT2D eigenvalue weighted by Gasteiger charge is 2.20. The van der Waals surface area contributed by atoms with Crippen molar-refractivity contribution in [2.75, 3.05) is 5.32 Å². The van der Waals surface area contributed by atoms with Gasteiger partial charge in [0.05, 0.1) is 0 Å². The number of benzene rings is 2. The van der Waals surface area contributed by atoms with E-state index in [1.165, 1.54) is 0 Å². The summed E-state index contributed by atoms with van der Waals surface area (Å²) in [7, 11) is 0. The highest BCUT2D eigenvalue weighted by molar-refractivity contribution is 5.95. The number of hydrogen-bond donors (Lipinski definition) is 1. The zero-order valence-electron chi connectivity index (χ0n) is 15.3. The van der Waals surface area contributed by atoms with Crippen LogP contribution < -0.4 is 10.1 Å². The normalized spacial score (nSPS) is 11.9. The molecule has 0 saturated heterocycles. The second kappa shape index (κ2) is 8.00. The highest BCUT2D eigenvalue weighted by Crippen LogP contribution is 2.23. The van der Waals surface area contributed by atoms with Crippen LogP contribution in [0.4, 0.5) is 5.69 Å². The van der Waals surface area contributed by atoms with Gasteiger partial charge in [0, 0.05) is 5.69 Å². The van der Waals surface area contributed by atoms with Crippen LogP contribution in [0.15, 0.2) is 36.4 Å². The zero-order valence-corrected chi connectivity index (χ0v) is 15.3. The lowest BCUT2D eigenvalue weighted by Crippen LogP contribution is -2.33. The Morgan fingerprint density at radius 2 is 1.75 bits per heavy atom. The first-order valence-electron chi connectivity index (χ1n) is 8.58. The zero-order chi connectivity index (χ0) is 17.7. The molecule has 0 aliphatic rings. The Morgan fingerprint density at radius 1 is 1.08 bits per heavy atom. The topological polar surface area (TPSA) is 38.3 Å². The van der Waals surface area contributed by atoms with Gasteiger partial charge >= 0.3 is 0 Å². The van der Waals surface area contributed by atoms with Gasteiger partial charge in [0.25, 0.3) is 5.91 Å². The number of rotatable bonds is 6. The summed E-state index contributed by atoms with van der Waals surface area (Å²) < 4.78 is 5.96. The van der Waals surface area contributed by atoms with Gasteiger partial charge in [-0.15, -0.1) is 0 Å². The molecule has 0 fully saturated rings. The first kappa shape index (κ1) is 18.1. The summed E-state index contributed by atoms with van der Waals surface area (Å²) in [5.41, 5.74) is 5.39. The average molecular weight is 325 g/mol. The van der Waals surface area contributed by atoms with E-state index in [1.54, 1.807) is 0 Å². The Bertz CT molecular complexity index is 702. The fraction of sp³-hybridized carbons (Fsp3) is 0.381. The maximum absolute atomic E-state index is 12.7. The lowest BCUT2D eigenvalue weighted by molar-refractivity contribution is -0.122. The number of carbonyl (C=O) groups is 1. The lowest BCUT2D eigenvalue weighted by atomic mass is 10.1. The molecule has 128 valence electrons. The minimum atomic E-state index is -0.504. The molecule has 0 bridgehead atoms. The minimum absolute atomic E-state index is 0.0966. The van der Waals surface area contributed by atoms with E-state index in [2.05, 4.69) is 18.3 Å². The number of carbonyl (C=O) groups excluding carboxylic acids is 1. The predicted octanol–water partition coefficient (Wildman–Crippen LogP) is 4.97. The maximum Gasteiger partial charge on any atom is 0.265 e. The fourth-order valence-corrected chi connectivity index (χ4v) is 2.89. The molecule has 1 atom stereocenters. The Kier molecular flexibility index (Phi) is 6.02. The molecule has 1 amide bonds. The minimum Gasteiger partial charge on any atom is -0.481 e. The molecular formula is C21H27NO2. The molecule has 0 saturated carbocycles. The molecule has 2 aromatic carbocycles. The third kappa shape index (κ3) is 4.38. The largest absolute Gasteiger partial charge is 0.481 e. The lowest BCUT2D eigenvalue weighted by Gasteiger charge is -2.20. The quantitative estimate of drug-likeness (QED) is 0.814. The van der Waals surface area contributed by atoms with Crippen molar-refractivity contribution in [2.45, 2.75) is 53.6 Å². The van der Waals surface area contributed by atoms with Gasteiger partial charge in [-0.25, -0.2) is 0 Å². The second-order valence-electron chi connectivity index (χ2n) is 6.29. The molecule has 0 radical (unpaired) electrons.